The number of ether oxygens (including phenoxy) is 2. The summed E-state index contributed by atoms with van der Waals surface area (Å²) in [7, 11) is 0. The highest BCUT2D eigenvalue weighted by Gasteiger charge is 2.08. The monoisotopic (exact) mass is 305 g/mol. The van der Waals surface area contributed by atoms with Crippen LogP contribution in [0.25, 0.3) is 0 Å². The van der Waals surface area contributed by atoms with Crippen LogP contribution in [0.15, 0.2) is 79.1 Å². The molecule has 114 valence electrons. The van der Waals surface area contributed by atoms with Gasteiger partial charge in [0.25, 0.3) is 0 Å². The van der Waals surface area contributed by atoms with Gasteiger partial charge in [0.15, 0.2) is 0 Å². The third kappa shape index (κ3) is 4.17. The minimum atomic E-state index is -0.434. The Morgan fingerprint density at radius 1 is 0.870 bits per heavy atom. The minimum Gasteiger partial charge on any atom is -0.489 e. The van der Waals surface area contributed by atoms with E-state index in [-0.39, 0.29) is 0 Å². The number of pyridine rings is 1. The van der Waals surface area contributed by atoms with E-state index in [1.165, 1.54) is 6.20 Å². The molecule has 1 heterocycles. The normalized spacial score (nSPS) is 10.1. The first-order valence-electron chi connectivity index (χ1n) is 7.20. The largest absolute Gasteiger partial charge is 0.489 e. The molecule has 0 aliphatic carbocycles. The molecule has 0 saturated heterocycles. The molecular formula is C19H15NO3. The summed E-state index contributed by atoms with van der Waals surface area (Å²) < 4.78 is 11.0. The second-order valence-corrected chi connectivity index (χ2v) is 4.88. The lowest BCUT2D eigenvalue weighted by atomic mass is 10.2. The van der Waals surface area contributed by atoms with Crippen molar-refractivity contribution in [2.75, 3.05) is 0 Å². The summed E-state index contributed by atoms with van der Waals surface area (Å²) in [5.74, 6) is 0.747. The van der Waals surface area contributed by atoms with E-state index in [1.807, 2.05) is 30.3 Å². The highest BCUT2D eigenvalue weighted by Crippen LogP contribution is 2.19. The van der Waals surface area contributed by atoms with Gasteiger partial charge in [-0.25, -0.2) is 4.79 Å². The van der Waals surface area contributed by atoms with Gasteiger partial charge in [0, 0.05) is 12.4 Å². The molecule has 4 nitrogen and oxygen atoms in total. The van der Waals surface area contributed by atoms with Crippen LogP contribution in [0, 0.1) is 0 Å². The van der Waals surface area contributed by atoms with Gasteiger partial charge in [0.2, 0.25) is 0 Å². The molecule has 0 aliphatic heterocycles. The topological polar surface area (TPSA) is 48.4 Å². The average molecular weight is 305 g/mol. The van der Waals surface area contributed by atoms with Crippen LogP contribution in [-0.4, -0.2) is 11.0 Å². The Balaban J connectivity index is 1.58. The van der Waals surface area contributed by atoms with Gasteiger partial charge in [-0.3, -0.25) is 4.98 Å². The van der Waals surface area contributed by atoms with E-state index in [2.05, 4.69) is 4.98 Å². The fourth-order valence-corrected chi connectivity index (χ4v) is 1.99. The molecule has 2 aromatic carbocycles. The Morgan fingerprint density at radius 2 is 1.61 bits per heavy atom. The van der Waals surface area contributed by atoms with Gasteiger partial charge in [0.1, 0.15) is 18.1 Å². The van der Waals surface area contributed by atoms with Crippen molar-refractivity contribution >= 4 is 5.97 Å². The minimum absolute atomic E-state index is 0.414. The van der Waals surface area contributed by atoms with Crippen LogP contribution in [0.5, 0.6) is 11.5 Å². The van der Waals surface area contributed by atoms with Gasteiger partial charge >= 0.3 is 5.97 Å². The summed E-state index contributed by atoms with van der Waals surface area (Å²) in [6, 6.07) is 20.2. The standard InChI is InChI=1S/C19H15NO3/c21-19(16-7-4-12-20-13-16)23-18-10-8-17(9-11-18)22-14-15-5-2-1-3-6-15/h1-13H,14H2. The fourth-order valence-electron chi connectivity index (χ4n) is 1.99. The fraction of sp³-hybridized carbons (Fsp3) is 0.0526. The van der Waals surface area contributed by atoms with Crippen LogP contribution in [0.1, 0.15) is 15.9 Å². The highest BCUT2D eigenvalue weighted by molar-refractivity contribution is 5.90. The molecule has 0 amide bonds. The number of hydrogen-bond donors (Lipinski definition) is 0. The van der Waals surface area contributed by atoms with E-state index in [1.54, 1.807) is 42.6 Å². The predicted molar refractivity (Wildman–Crippen MR) is 86.4 cm³/mol. The zero-order chi connectivity index (χ0) is 15.9. The van der Waals surface area contributed by atoms with Crippen LogP contribution in [0.2, 0.25) is 0 Å². The van der Waals surface area contributed by atoms with Crippen LogP contribution < -0.4 is 9.47 Å². The summed E-state index contributed by atoms with van der Waals surface area (Å²) >= 11 is 0. The zero-order valence-corrected chi connectivity index (χ0v) is 12.4. The molecule has 3 aromatic rings. The molecule has 4 heteroatoms. The maximum atomic E-state index is 11.9. The first kappa shape index (κ1) is 14.8. The van der Waals surface area contributed by atoms with E-state index in [9.17, 15) is 4.79 Å². The van der Waals surface area contributed by atoms with E-state index in [0.29, 0.717) is 17.9 Å². The second-order valence-electron chi connectivity index (χ2n) is 4.88. The van der Waals surface area contributed by atoms with Crippen LogP contribution in [0.4, 0.5) is 0 Å². The number of aromatic nitrogens is 1. The second kappa shape index (κ2) is 7.22. The Labute approximate surface area is 134 Å². The van der Waals surface area contributed by atoms with E-state index in [4.69, 9.17) is 9.47 Å². The number of carbonyl (C=O) groups is 1. The van der Waals surface area contributed by atoms with E-state index < -0.39 is 5.97 Å². The van der Waals surface area contributed by atoms with Crippen LogP contribution >= 0.6 is 0 Å². The number of esters is 1. The number of nitrogens with zero attached hydrogens (tertiary/aromatic N) is 1. The molecule has 0 atom stereocenters. The van der Waals surface area contributed by atoms with Crippen molar-refractivity contribution < 1.29 is 14.3 Å². The van der Waals surface area contributed by atoms with Gasteiger partial charge in [-0.15, -0.1) is 0 Å². The Kier molecular flexibility index (Phi) is 4.64. The highest BCUT2D eigenvalue weighted by atomic mass is 16.5. The molecule has 0 spiro atoms. The molecule has 0 radical (unpaired) electrons. The van der Waals surface area contributed by atoms with Crippen LogP contribution in [0.3, 0.4) is 0 Å². The van der Waals surface area contributed by atoms with Gasteiger partial charge in [-0.05, 0) is 42.0 Å². The third-order valence-electron chi connectivity index (χ3n) is 3.18. The van der Waals surface area contributed by atoms with Crippen molar-refractivity contribution in [3.63, 3.8) is 0 Å². The van der Waals surface area contributed by atoms with E-state index in [0.717, 1.165) is 11.3 Å². The Bertz CT molecular complexity index is 756. The van der Waals surface area contributed by atoms with Crippen LogP contribution in [-0.2, 0) is 6.61 Å². The van der Waals surface area contributed by atoms with Crippen molar-refractivity contribution in [1.29, 1.82) is 0 Å². The van der Waals surface area contributed by atoms with Crippen molar-refractivity contribution in [3.05, 3.63) is 90.3 Å². The number of hydrogen-bond acceptors (Lipinski definition) is 4. The van der Waals surface area contributed by atoms with Gasteiger partial charge in [0.05, 0.1) is 5.56 Å². The van der Waals surface area contributed by atoms with E-state index >= 15 is 0 Å². The zero-order valence-electron chi connectivity index (χ0n) is 12.4. The number of rotatable bonds is 5. The molecule has 1 aromatic heterocycles. The Hall–Kier alpha value is -3.14. The molecule has 0 aliphatic rings. The third-order valence-corrected chi connectivity index (χ3v) is 3.18. The molecule has 0 saturated carbocycles. The van der Waals surface area contributed by atoms with Crippen molar-refractivity contribution in [1.82, 2.24) is 4.98 Å². The summed E-state index contributed by atoms with van der Waals surface area (Å²) in [5.41, 5.74) is 1.51. The maximum absolute atomic E-state index is 11.9. The molecule has 0 fully saturated rings. The molecule has 0 N–H and O–H groups in total. The maximum Gasteiger partial charge on any atom is 0.345 e. The van der Waals surface area contributed by atoms with Crippen molar-refractivity contribution in [3.8, 4) is 11.5 Å². The number of benzene rings is 2. The lowest BCUT2D eigenvalue weighted by Crippen LogP contribution is -2.08. The summed E-state index contributed by atoms with van der Waals surface area (Å²) in [5, 5.41) is 0. The first-order valence-corrected chi connectivity index (χ1v) is 7.20. The summed E-state index contributed by atoms with van der Waals surface area (Å²) in [6.07, 6.45) is 3.08. The summed E-state index contributed by atoms with van der Waals surface area (Å²) in [6.45, 7) is 0.496. The molecule has 0 unspecified atom stereocenters. The molecule has 3 rings (SSSR count). The summed E-state index contributed by atoms with van der Waals surface area (Å²) in [4.78, 5) is 15.8. The lowest BCUT2D eigenvalue weighted by molar-refractivity contribution is 0.0734. The Morgan fingerprint density at radius 3 is 2.30 bits per heavy atom. The van der Waals surface area contributed by atoms with Crippen molar-refractivity contribution in [2.45, 2.75) is 6.61 Å². The number of carbonyl (C=O) groups excluding carboxylic acids is 1. The SMILES string of the molecule is O=C(Oc1ccc(OCc2ccccc2)cc1)c1cccnc1. The van der Waals surface area contributed by atoms with Crippen molar-refractivity contribution in [2.24, 2.45) is 0 Å². The average Bonchev–Trinajstić information content (AvgIpc) is 2.63. The first-order chi connectivity index (χ1) is 11.3. The van der Waals surface area contributed by atoms with Gasteiger partial charge < -0.3 is 9.47 Å². The molecule has 0 bridgehead atoms. The quantitative estimate of drug-likeness (QED) is 0.530. The predicted octanol–water partition coefficient (Wildman–Crippen LogP) is 3.88. The van der Waals surface area contributed by atoms with Gasteiger partial charge in [-0.2, -0.15) is 0 Å². The molecular weight excluding hydrogens is 290 g/mol. The van der Waals surface area contributed by atoms with Gasteiger partial charge in [-0.1, -0.05) is 30.3 Å². The smallest absolute Gasteiger partial charge is 0.345 e. The lowest BCUT2D eigenvalue weighted by Gasteiger charge is -2.08. The molecule has 23 heavy (non-hydrogen) atoms.